The molecule has 0 aromatic rings. The first-order valence-corrected chi connectivity index (χ1v) is 5.85. The Morgan fingerprint density at radius 1 is 1.36 bits per heavy atom. The van der Waals surface area contributed by atoms with Gasteiger partial charge in [0.25, 0.3) is 0 Å². The predicted molar refractivity (Wildman–Crippen MR) is 55.3 cm³/mol. The number of carbonyl (C=O) groups excluding carboxylic acids is 1. The molecular weight excluding hydrogens is 176 g/mol. The van der Waals surface area contributed by atoms with Crippen LogP contribution in [0.25, 0.3) is 0 Å². The smallest absolute Gasteiger partial charge is 0.156 e. The van der Waals surface area contributed by atoms with E-state index < -0.39 is 0 Å². The van der Waals surface area contributed by atoms with E-state index in [4.69, 9.17) is 0 Å². The molecule has 0 radical (unpaired) electrons. The van der Waals surface area contributed by atoms with E-state index in [-0.39, 0.29) is 0 Å². The van der Waals surface area contributed by atoms with Crippen molar-refractivity contribution in [3.63, 3.8) is 0 Å². The highest BCUT2D eigenvalue weighted by atomic mass is 32.2. The van der Waals surface area contributed by atoms with Crippen molar-refractivity contribution in [2.45, 2.75) is 13.8 Å². The lowest BCUT2D eigenvalue weighted by Gasteiger charge is -1.95. The lowest BCUT2D eigenvalue weighted by atomic mass is 10.6. The van der Waals surface area contributed by atoms with Crippen LogP contribution >= 0.6 is 23.5 Å². The number of rotatable bonds is 6. The van der Waals surface area contributed by atoms with Gasteiger partial charge in [-0.15, -0.1) is 11.8 Å². The average Bonchev–Trinajstić information content (AvgIpc) is 2.03. The highest BCUT2D eigenvalue weighted by Gasteiger charge is 1.91. The Morgan fingerprint density at radius 2 is 2.09 bits per heavy atom. The maximum Gasteiger partial charge on any atom is 0.156 e. The van der Waals surface area contributed by atoms with Gasteiger partial charge in [-0.1, -0.05) is 19.9 Å². The van der Waals surface area contributed by atoms with E-state index in [2.05, 4.69) is 13.8 Å². The number of carbonyl (C=O) groups is 1. The number of aldehydes is 1. The molecule has 0 rings (SSSR count). The fourth-order valence-corrected chi connectivity index (χ4v) is 1.81. The highest BCUT2D eigenvalue weighted by molar-refractivity contribution is 8.04. The molecule has 64 valence electrons. The van der Waals surface area contributed by atoms with E-state index in [1.165, 1.54) is 0 Å². The van der Waals surface area contributed by atoms with Crippen molar-refractivity contribution in [1.82, 2.24) is 0 Å². The molecule has 0 aliphatic rings. The fraction of sp³-hybridized carbons (Fsp3) is 0.625. The second-order valence-corrected chi connectivity index (χ2v) is 4.47. The molecule has 0 bridgehead atoms. The third kappa shape index (κ3) is 6.51. The number of hydrogen-bond acceptors (Lipinski definition) is 3. The summed E-state index contributed by atoms with van der Waals surface area (Å²) in [7, 11) is 0. The first-order valence-electron chi connectivity index (χ1n) is 3.71. The van der Waals surface area contributed by atoms with Gasteiger partial charge in [0.15, 0.2) is 6.29 Å². The molecule has 3 heteroatoms. The van der Waals surface area contributed by atoms with E-state index in [1.807, 2.05) is 17.8 Å². The van der Waals surface area contributed by atoms with E-state index >= 15 is 0 Å². The third-order valence-corrected chi connectivity index (χ3v) is 2.73. The normalized spacial score (nSPS) is 11.6. The van der Waals surface area contributed by atoms with Crippen molar-refractivity contribution in [3.8, 4) is 0 Å². The predicted octanol–water partition coefficient (Wildman–Crippen LogP) is 2.58. The summed E-state index contributed by atoms with van der Waals surface area (Å²) in [5, 5.41) is 0. The molecular formula is C8H14OS2. The summed E-state index contributed by atoms with van der Waals surface area (Å²) in [4.78, 5) is 11.3. The molecule has 0 unspecified atom stereocenters. The minimum absolute atomic E-state index is 0.869. The van der Waals surface area contributed by atoms with E-state index in [9.17, 15) is 4.79 Å². The molecule has 0 heterocycles. The van der Waals surface area contributed by atoms with Crippen LogP contribution in [0.15, 0.2) is 11.0 Å². The van der Waals surface area contributed by atoms with Gasteiger partial charge in [0, 0.05) is 10.7 Å². The number of hydrogen-bond donors (Lipinski definition) is 0. The van der Waals surface area contributed by atoms with Gasteiger partial charge in [-0.05, 0) is 11.5 Å². The molecule has 1 nitrogen and oxygen atoms in total. The molecule has 0 fully saturated rings. The first kappa shape index (κ1) is 11.1. The van der Waals surface area contributed by atoms with Crippen molar-refractivity contribution >= 4 is 29.8 Å². The maximum atomic E-state index is 10.4. The summed E-state index contributed by atoms with van der Waals surface area (Å²) < 4.78 is 0. The van der Waals surface area contributed by atoms with Crippen molar-refractivity contribution in [3.05, 3.63) is 11.0 Å². The summed E-state index contributed by atoms with van der Waals surface area (Å²) in [5.74, 6) is 3.04. The molecule has 0 aliphatic heterocycles. The summed E-state index contributed by atoms with van der Waals surface area (Å²) in [6, 6.07) is 0. The van der Waals surface area contributed by atoms with Crippen molar-refractivity contribution in [2.75, 3.05) is 17.3 Å². The fourth-order valence-electron chi connectivity index (χ4n) is 0.567. The molecule has 0 amide bonds. The summed E-state index contributed by atoms with van der Waals surface area (Å²) in [6.07, 6.45) is 2.93. The summed E-state index contributed by atoms with van der Waals surface area (Å²) in [5.41, 5.74) is 0. The average molecular weight is 190 g/mol. The largest absolute Gasteiger partial charge is 0.297 e. The van der Waals surface area contributed by atoms with E-state index in [1.54, 1.807) is 11.8 Å². The van der Waals surface area contributed by atoms with Gasteiger partial charge >= 0.3 is 0 Å². The Balaban J connectivity index is 3.61. The zero-order valence-electron chi connectivity index (χ0n) is 7.00. The second kappa shape index (κ2) is 8.21. The Labute approximate surface area is 77.0 Å². The molecule has 0 saturated heterocycles. The zero-order valence-corrected chi connectivity index (χ0v) is 8.63. The molecule has 0 aromatic carbocycles. The lowest BCUT2D eigenvalue weighted by Crippen LogP contribution is -1.82. The van der Waals surface area contributed by atoms with Gasteiger partial charge in [0.1, 0.15) is 0 Å². The van der Waals surface area contributed by atoms with Crippen LogP contribution in [0.3, 0.4) is 0 Å². The van der Waals surface area contributed by atoms with Crippen molar-refractivity contribution in [1.29, 1.82) is 0 Å². The minimum atomic E-state index is 0.869. The van der Waals surface area contributed by atoms with E-state index in [0.717, 1.165) is 28.4 Å². The summed E-state index contributed by atoms with van der Waals surface area (Å²) >= 11 is 3.44. The zero-order chi connectivity index (χ0) is 8.53. The molecule has 0 aromatic heterocycles. The lowest BCUT2D eigenvalue weighted by molar-refractivity contribution is -0.104. The second-order valence-electron chi connectivity index (χ2n) is 1.82. The minimum Gasteiger partial charge on any atom is -0.297 e. The molecule has 0 spiro atoms. The Bertz CT molecular complexity index is 132. The Kier molecular flexibility index (Phi) is 8.29. The van der Waals surface area contributed by atoms with Crippen molar-refractivity contribution in [2.24, 2.45) is 0 Å². The van der Waals surface area contributed by atoms with Gasteiger partial charge in [0.2, 0.25) is 0 Å². The van der Waals surface area contributed by atoms with Crippen molar-refractivity contribution < 1.29 is 4.79 Å². The SMILES string of the molecule is CCSCC=C(C=O)SCC. The molecule has 0 saturated carbocycles. The monoisotopic (exact) mass is 190 g/mol. The molecule has 0 N–H and O–H groups in total. The van der Waals surface area contributed by atoms with Crippen LogP contribution in [0.1, 0.15) is 13.8 Å². The van der Waals surface area contributed by atoms with Crippen LogP contribution in [0.2, 0.25) is 0 Å². The Hall–Kier alpha value is 0.110. The maximum absolute atomic E-state index is 10.4. The van der Waals surface area contributed by atoms with Crippen LogP contribution in [-0.4, -0.2) is 23.5 Å². The van der Waals surface area contributed by atoms with Gasteiger partial charge in [0.05, 0.1) is 0 Å². The molecule has 11 heavy (non-hydrogen) atoms. The summed E-state index contributed by atoms with van der Waals surface area (Å²) in [6.45, 7) is 4.17. The van der Waals surface area contributed by atoms with Gasteiger partial charge in [-0.25, -0.2) is 0 Å². The van der Waals surface area contributed by atoms with Gasteiger partial charge < -0.3 is 0 Å². The van der Waals surface area contributed by atoms with Gasteiger partial charge in [-0.2, -0.15) is 11.8 Å². The van der Waals surface area contributed by atoms with Crippen LogP contribution in [0.4, 0.5) is 0 Å². The van der Waals surface area contributed by atoms with Crippen LogP contribution in [-0.2, 0) is 4.79 Å². The van der Waals surface area contributed by atoms with Crippen LogP contribution < -0.4 is 0 Å². The standard InChI is InChI=1S/C8H14OS2/c1-3-10-6-5-8(7-9)11-4-2/h5,7H,3-4,6H2,1-2H3. The quantitative estimate of drug-likeness (QED) is 0.364. The Morgan fingerprint density at radius 3 is 2.55 bits per heavy atom. The van der Waals surface area contributed by atoms with Gasteiger partial charge in [-0.3, -0.25) is 4.79 Å². The van der Waals surface area contributed by atoms with Crippen LogP contribution in [0, 0.1) is 0 Å². The highest BCUT2D eigenvalue weighted by Crippen LogP contribution is 2.13. The first-order chi connectivity index (χ1) is 5.35. The third-order valence-electron chi connectivity index (χ3n) is 1.03. The molecule has 0 atom stereocenters. The van der Waals surface area contributed by atoms with E-state index in [0.29, 0.717) is 0 Å². The molecule has 0 aliphatic carbocycles. The number of allylic oxidation sites excluding steroid dienone is 1. The topological polar surface area (TPSA) is 17.1 Å². The van der Waals surface area contributed by atoms with Crippen LogP contribution in [0.5, 0.6) is 0 Å². The number of thioether (sulfide) groups is 2.